The first kappa shape index (κ1) is 17.8. The third-order valence-corrected chi connectivity index (χ3v) is 5.96. The van der Waals surface area contributed by atoms with Gasteiger partial charge in [0.25, 0.3) is 0 Å². The van der Waals surface area contributed by atoms with Gasteiger partial charge in [0, 0.05) is 30.1 Å². The van der Waals surface area contributed by atoms with Crippen molar-refractivity contribution < 1.29 is 9.21 Å². The number of carbonyl (C=O) groups excluding carboxylic acids is 1. The summed E-state index contributed by atoms with van der Waals surface area (Å²) in [6.07, 6.45) is 3.59. The number of para-hydroxylation sites is 2. The maximum atomic E-state index is 12.9. The van der Waals surface area contributed by atoms with E-state index >= 15 is 0 Å². The Morgan fingerprint density at radius 2 is 1.97 bits per heavy atom. The first-order chi connectivity index (χ1) is 14.1. The zero-order chi connectivity index (χ0) is 20.0. The number of amides is 1. The largest absolute Gasteiger partial charge is 0.464 e. The maximum absolute atomic E-state index is 12.9. The number of piperidine rings is 1. The summed E-state index contributed by atoms with van der Waals surface area (Å²) < 4.78 is 7.48. The molecule has 1 saturated heterocycles. The fraction of sp³-hybridized carbons (Fsp3) is 0.304. The number of imidazole rings is 1. The zero-order valence-electron chi connectivity index (χ0n) is 16.4. The second-order valence-corrected chi connectivity index (χ2v) is 7.87. The Labute approximate surface area is 167 Å². The lowest BCUT2D eigenvalue weighted by atomic mass is 10.0. The molecule has 0 unspecified atom stereocenters. The summed E-state index contributed by atoms with van der Waals surface area (Å²) in [5, 5.41) is 1.00. The number of H-pyrrole nitrogens is 1. The van der Waals surface area contributed by atoms with E-state index in [4.69, 9.17) is 4.42 Å². The fourth-order valence-corrected chi connectivity index (χ4v) is 4.41. The van der Waals surface area contributed by atoms with Crippen LogP contribution in [0.3, 0.4) is 0 Å². The number of hydrogen-bond acceptors (Lipinski definition) is 3. The topological polar surface area (TPSA) is 71.2 Å². The standard InChI is InChI=1S/C23H23N3O3/c1-15-6-7-18-16(14-29-21(18)12-15)13-22(27)25-10-8-17(9-11-25)26-20-5-3-2-4-19(20)24-23(26)28/h2-7,12,14,17H,8-11,13H2,1H3,(H,24,28). The van der Waals surface area contributed by atoms with E-state index in [9.17, 15) is 9.59 Å². The number of carbonyl (C=O) groups is 1. The number of nitrogens with zero attached hydrogens (tertiary/aromatic N) is 2. The molecule has 0 spiro atoms. The number of fused-ring (bicyclic) bond motifs is 2. The number of rotatable bonds is 3. The van der Waals surface area contributed by atoms with Crippen molar-refractivity contribution in [3.63, 3.8) is 0 Å². The van der Waals surface area contributed by atoms with E-state index in [0.717, 1.165) is 46.0 Å². The summed E-state index contributed by atoms with van der Waals surface area (Å²) in [7, 11) is 0. The number of nitrogens with one attached hydrogen (secondary N) is 1. The van der Waals surface area contributed by atoms with Crippen LogP contribution in [-0.4, -0.2) is 33.4 Å². The Bertz CT molecular complexity index is 1260. The molecule has 0 atom stereocenters. The molecule has 1 fully saturated rings. The van der Waals surface area contributed by atoms with Crippen molar-refractivity contribution in [2.45, 2.75) is 32.2 Å². The molecule has 1 aliphatic heterocycles. The quantitative estimate of drug-likeness (QED) is 0.579. The Hall–Kier alpha value is -3.28. The van der Waals surface area contributed by atoms with Crippen molar-refractivity contribution in [1.29, 1.82) is 0 Å². The number of furan rings is 1. The van der Waals surface area contributed by atoms with Gasteiger partial charge < -0.3 is 14.3 Å². The summed E-state index contributed by atoms with van der Waals surface area (Å²) in [6, 6.07) is 13.9. The van der Waals surface area contributed by atoms with Crippen molar-refractivity contribution in [3.8, 4) is 0 Å². The molecule has 0 saturated carbocycles. The number of aromatic amines is 1. The van der Waals surface area contributed by atoms with Gasteiger partial charge in [-0.3, -0.25) is 9.36 Å². The lowest BCUT2D eigenvalue weighted by Gasteiger charge is -2.32. The van der Waals surface area contributed by atoms with Crippen LogP contribution in [0.5, 0.6) is 0 Å². The molecule has 1 aliphatic rings. The highest BCUT2D eigenvalue weighted by Crippen LogP contribution is 2.27. The highest BCUT2D eigenvalue weighted by molar-refractivity contribution is 5.88. The highest BCUT2D eigenvalue weighted by Gasteiger charge is 2.26. The van der Waals surface area contributed by atoms with E-state index in [1.807, 2.05) is 58.9 Å². The number of likely N-dealkylation sites (tertiary alicyclic amines) is 1. The van der Waals surface area contributed by atoms with Crippen LogP contribution in [-0.2, 0) is 11.2 Å². The van der Waals surface area contributed by atoms with Crippen LogP contribution < -0.4 is 5.69 Å². The molecule has 2 aromatic heterocycles. The van der Waals surface area contributed by atoms with Crippen LogP contribution in [0.2, 0.25) is 0 Å². The van der Waals surface area contributed by atoms with E-state index in [1.165, 1.54) is 0 Å². The minimum atomic E-state index is -0.0730. The van der Waals surface area contributed by atoms with Crippen molar-refractivity contribution >= 4 is 27.9 Å². The predicted molar refractivity (Wildman–Crippen MR) is 112 cm³/mol. The molecule has 29 heavy (non-hydrogen) atoms. The minimum absolute atomic E-state index is 0.0730. The second kappa shape index (κ2) is 6.95. The molecule has 5 rings (SSSR count). The fourth-order valence-electron chi connectivity index (χ4n) is 4.41. The van der Waals surface area contributed by atoms with Crippen LogP contribution in [0, 0.1) is 6.92 Å². The Morgan fingerprint density at radius 1 is 1.17 bits per heavy atom. The second-order valence-electron chi connectivity index (χ2n) is 7.87. The lowest BCUT2D eigenvalue weighted by molar-refractivity contribution is -0.131. The maximum Gasteiger partial charge on any atom is 0.326 e. The molecule has 0 bridgehead atoms. The molecular weight excluding hydrogens is 366 g/mol. The molecular formula is C23H23N3O3. The predicted octanol–water partition coefficient (Wildman–Crippen LogP) is 3.79. The third-order valence-electron chi connectivity index (χ3n) is 5.96. The van der Waals surface area contributed by atoms with Gasteiger partial charge in [-0.25, -0.2) is 4.79 Å². The van der Waals surface area contributed by atoms with Crippen molar-refractivity contribution in [1.82, 2.24) is 14.5 Å². The Morgan fingerprint density at radius 3 is 2.79 bits per heavy atom. The van der Waals surface area contributed by atoms with E-state index in [1.54, 1.807) is 6.26 Å². The summed E-state index contributed by atoms with van der Waals surface area (Å²) in [5.41, 5.74) is 4.61. The zero-order valence-corrected chi connectivity index (χ0v) is 16.4. The van der Waals surface area contributed by atoms with Gasteiger partial charge in [-0.2, -0.15) is 0 Å². The normalized spacial score (nSPS) is 15.4. The summed E-state index contributed by atoms with van der Waals surface area (Å²) >= 11 is 0. The van der Waals surface area contributed by atoms with Crippen LogP contribution in [0.4, 0.5) is 0 Å². The van der Waals surface area contributed by atoms with Crippen LogP contribution in [0.1, 0.15) is 30.0 Å². The van der Waals surface area contributed by atoms with Gasteiger partial charge in [0.05, 0.1) is 23.7 Å². The summed E-state index contributed by atoms with van der Waals surface area (Å²) in [4.78, 5) is 30.1. The molecule has 2 aromatic carbocycles. The van der Waals surface area contributed by atoms with E-state index in [2.05, 4.69) is 4.98 Å². The average Bonchev–Trinajstić information content (AvgIpc) is 3.27. The molecule has 3 heterocycles. The minimum Gasteiger partial charge on any atom is -0.464 e. The number of benzene rings is 2. The van der Waals surface area contributed by atoms with E-state index in [-0.39, 0.29) is 17.6 Å². The third kappa shape index (κ3) is 3.14. The monoisotopic (exact) mass is 389 g/mol. The molecule has 4 aromatic rings. The van der Waals surface area contributed by atoms with Crippen LogP contribution >= 0.6 is 0 Å². The molecule has 0 aliphatic carbocycles. The van der Waals surface area contributed by atoms with Gasteiger partial charge in [-0.15, -0.1) is 0 Å². The van der Waals surface area contributed by atoms with Gasteiger partial charge in [0.15, 0.2) is 0 Å². The molecule has 148 valence electrons. The van der Waals surface area contributed by atoms with Gasteiger partial charge >= 0.3 is 5.69 Å². The van der Waals surface area contributed by atoms with Crippen LogP contribution in [0.25, 0.3) is 22.0 Å². The summed E-state index contributed by atoms with van der Waals surface area (Å²) in [5.74, 6) is 0.109. The smallest absolute Gasteiger partial charge is 0.326 e. The SMILES string of the molecule is Cc1ccc2c(CC(=O)N3CCC(n4c(=O)[nH]c5ccccc54)CC3)coc2c1. The van der Waals surface area contributed by atoms with Crippen LogP contribution in [0.15, 0.2) is 57.9 Å². The number of aryl methyl sites for hydroxylation is 1. The van der Waals surface area contributed by atoms with Crippen molar-refractivity contribution in [2.75, 3.05) is 13.1 Å². The van der Waals surface area contributed by atoms with E-state index < -0.39 is 0 Å². The van der Waals surface area contributed by atoms with Crippen molar-refractivity contribution in [2.24, 2.45) is 0 Å². The Balaban J connectivity index is 1.29. The van der Waals surface area contributed by atoms with Gasteiger partial charge in [0.1, 0.15) is 5.58 Å². The van der Waals surface area contributed by atoms with Crippen molar-refractivity contribution in [3.05, 3.63) is 70.3 Å². The molecule has 6 heteroatoms. The first-order valence-electron chi connectivity index (χ1n) is 10.0. The Kier molecular flexibility index (Phi) is 4.27. The van der Waals surface area contributed by atoms with Gasteiger partial charge in [-0.05, 0) is 43.5 Å². The first-order valence-corrected chi connectivity index (χ1v) is 10.0. The lowest BCUT2D eigenvalue weighted by Crippen LogP contribution is -2.41. The number of aromatic nitrogens is 2. The van der Waals surface area contributed by atoms with E-state index in [0.29, 0.717) is 19.5 Å². The highest BCUT2D eigenvalue weighted by atomic mass is 16.3. The molecule has 6 nitrogen and oxygen atoms in total. The van der Waals surface area contributed by atoms with Gasteiger partial charge in [0.2, 0.25) is 5.91 Å². The van der Waals surface area contributed by atoms with Gasteiger partial charge in [-0.1, -0.05) is 24.3 Å². The molecule has 1 amide bonds. The molecule has 1 N–H and O–H groups in total. The average molecular weight is 389 g/mol. The number of hydrogen-bond donors (Lipinski definition) is 1. The molecule has 0 radical (unpaired) electrons. The summed E-state index contributed by atoms with van der Waals surface area (Å²) in [6.45, 7) is 3.34.